The second kappa shape index (κ2) is 7.28. The van der Waals surface area contributed by atoms with Crippen LogP contribution in [-0.2, 0) is 4.79 Å². The number of nitrogens with one attached hydrogen (secondary N) is 2. The summed E-state index contributed by atoms with van der Waals surface area (Å²) in [5.41, 5.74) is 1.05. The molecule has 0 spiro atoms. The maximum Gasteiger partial charge on any atom is 0.257 e. The molecule has 1 atom stereocenters. The van der Waals surface area contributed by atoms with E-state index in [2.05, 4.69) is 10.6 Å². The minimum Gasteiger partial charge on any atom is -0.484 e. The Kier molecular flexibility index (Phi) is 5.39. The van der Waals surface area contributed by atoms with Crippen molar-refractivity contribution >= 4 is 23.4 Å². The fourth-order valence-electron chi connectivity index (χ4n) is 1.92. The Morgan fingerprint density at radius 2 is 2.42 bits per heavy atom. The van der Waals surface area contributed by atoms with Gasteiger partial charge in [-0.2, -0.15) is 11.8 Å². The lowest BCUT2D eigenvalue weighted by Crippen LogP contribution is -2.24. The van der Waals surface area contributed by atoms with Crippen molar-refractivity contribution in [2.45, 2.75) is 6.42 Å². The van der Waals surface area contributed by atoms with Crippen molar-refractivity contribution in [3.8, 4) is 5.75 Å². The van der Waals surface area contributed by atoms with Gasteiger partial charge >= 0.3 is 0 Å². The Hall–Kier alpha value is -1.36. The van der Waals surface area contributed by atoms with E-state index in [-0.39, 0.29) is 12.5 Å². The fraction of sp³-hybridized carbons (Fsp3) is 0.500. The van der Waals surface area contributed by atoms with Crippen LogP contribution in [0.3, 0.4) is 0 Å². The van der Waals surface area contributed by atoms with Crippen molar-refractivity contribution in [3.63, 3.8) is 0 Å². The molecule has 104 valence electrons. The minimum atomic E-state index is -0.124. The van der Waals surface area contributed by atoms with Crippen LogP contribution in [0.25, 0.3) is 0 Å². The first kappa shape index (κ1) is 14.1. The van der Waals surface area contributed by atoms with Crippen LogP contribution < -0.4 is 15.4 Å². The predicted molar refractivity (Wildman–Crippen MR) is 79.9 cm³/mol. The number of hydrogen-bond acceptors (Lipinski definition) is 4. The Labute approximate surface area is 118 Å². The number of likely N-dealkylation sites (N-methyl/N-ethyl adjacent to an activating group) is 1. The zero-order chi connectivity index (χ0) is 13.5. The molecule has 1 aromatic rings. The average molecular weight is 280 g/mol. The summed E-state index contributed by atoms with van der Waals surface area (Å²) in [7, 11) is 1.60. The molecule has 1 aliphatic heterocycles. The molecule has 1 fully saturated rings. The molecule has 0 saturated carbocycles. The van der Waals surface area contributed by atoms with Crippen LogP contribution in [0.1, 0.15) is 6.42 Å². The van der Waals surface area contributed by atoms with E-state index in [4.69, 9.17) is 4.74 Å². The van der Waals surface area contributed by atoms with Crippen molar-refractivity contribution in [2.24, 2.45) is 5.92 Å². The number of anilines is 1. The largest absolute Gasteiger partial charge is 0.484 e. The first-order chi connectivity index (χ1) is 9.28. The van der Waals surface area contributed by atoms with Gasteiger partial charge < -0.3 is 15.4 Å². The molecule has 1 unspecified atom stereocenters. The maximum atomic E-state index is 11.1. The van der Waals surface area contributed by atoms with Crippen LogP contribution in [0.2, 0.25) is 0 Å². The molecule has 0 radical (unpaired) electrons. The van der Waals surface area contributed by atoms with Crippen molar-refractivity contribution < 1.29 is 9.53 Å². The third kappa shape index (κ3) is 4.67. The lowest BCUT2D eigenvalue weighted by atomic mass is 10.1. The van der Waals surface area contributed by atoms with Gasteiger partial charge in [-0.05, 0) is 36.0 Å². The lowest BCUT2D eigenvalue weighted by Gasteiger charge is -2.12. The van der Waals surface area contributed by atoms with E-state index in [1.165, 1.54) is 17.9 Å². The zero-order valence-corrected chi connectivity index (χ0v) is 12.0. The van der Waals surface area contributed by atoms with Gasteiger partial charge in [-0.25, -0.2) is 0 Å². The first-order valence-corrected chi connectivity index (χ1v) is 7.68. The monoisotopic (exact) mass is 280 g/mol. The molecule has 1 aromatic carbocycles. The highest BCUT2D eigenvalue weighted by Crippen LogP contribution is 2.24. The normalized spacial score (nSPS) is 18.1. The SMILES string of the molecule is CNC(=O)COc1cccc(NCC2CCSC2)c1. The van der Waals surface area contributed by atoms with E-state index < -0.39 is 0 Å². The zero-order valence-electron chi connectivity index (χ0n) is 11.1. The number of carbonyl (C=O) groups is 1. The van der Waals surface area contributed by atoms with Crippen LogP contribution in [0.4, 0.5) is 5.69 Å². The number of ether oxygens (including phenoxy) is 1. The average Bonchev–Trinajstić information content (AvgIpc) is 2.96. The summed E-state index contributed by atoms with van der Waals surface area (Å²) < 4.78 is 5.41. The summed E-state index contributed by atoms with van der Waals surface area (Å²) in [6.07, 6.45) is 1.30. The number of rotatable bonds is 6. The summed E-state index contributed by atoms with van der Waals surface area (Å²) in [6.45, 7) is 1.06. The molecule has 4 nitrogen and oxygen atoms in total. The summed E-state index contributed by atoms with van der Waals surface area (Å²) in [5.74, 6) is 3.89. The van der Waals surface area contributed by atoms with Crippen molar-refractivity contribution in [3.05, 3.63) is 24.3 Å². The number of thioether (sulfide) groups is 1. The third-order valence-corrected chi connectivity index (χ3v) is 4.33. The molecule has 1 saturated heterocycles. The van der Waals surface area contributed by atoms with Crippen molar-refractivity contribution in [1.82, 2.24) is 5.32 Å². The second-order valence-corrected chi connectivity index (χ2v) is 5.75. The third-order valence-electron chi connectivity index (χ3n) is 3.10. The Morgan fingerprint density at radius 3 is 3.16 bits per heavy atom. The maximum absolute atomic E-state index is 11.1. The van der Waals surface area contributed by atoms with E-state index >= 15 is 0 Å². The summed E-state index contributed by atoms with van der Waals surface area (Å²) in [6, 6.07) is 7.75. The topological polar surface area (TPSA) is 50.4 Å². The van der Waals surface area contributed by atoms with Gasteiger partial charge in [-0.15, -0.1) is 0 Å². The van der Waals surface area contributed by atoms with Gasteiger partial charge in [0, 0.05) is 25.3 Å². The van der Waals surface area contributed by atoms with Crippen LogP contribution in [0.5, 0.6) is 5.75 Å². The predicted octanol–water partition coefficient (Wildman–Crippen LogP) is 1.98. The number of carbonyl (C=O) groups excluding carboxylic acids is 1. The van der Waals surface area contributed by atoms with Crippen molar-refractivity contribution in [2.75, 3.05) is 37.0 Å². The molecule has 1 aliphatic rings. The standard InChI is InChI=1S/C14H20N2O2S/c1-15-14(17)9-18-13-4-2-3-12(7-13)16-8-11-5-6-19-10-11/h2-4,7,11,16H,5-6,8-10H2,1H3,(H,15,17). The molecule has 0 bridgehead atoms. The summed E-state index contributed by atoms with van der Waals surface area (Å²) in [4.78, 5) is 11.1. The van der Waals surface area contributed by atoms with E-state index in [1.807, 2.05) is 36.0 Å². The van der Waals surface area contributed by atoms with Crippen LogP contribution in [0.15, 0.2) is 24.3 Å². The highest BCUT2D eigenvalue weighted by atomic mass is 32.2. The summed E-state index contributed by atoms with van der Waals surface area (Å²) >= 11 is 2.03. The molecule has 5 heteroatoms. The van der Waals surface area contributed by atoms with Gasteiger partial charge in [-0.1, -0.05) is 6.07 Å². The van der Waals surface area contributed by atoms with E-state index in [0.29, 0.717) is 0 Å². The van der Waals surface area contributed by atoms with Gasteiger partial charge in [0.05, 0.1) is 0 Å². The highest BCUT2D eigenvalue weighted by molar-refractivity contribution is 7.99. The Morgan fingerprint density at radius 1 is 1.53 bits per heavy atom. The minimum absolute atomic E-state index is 0.0548. The van der Waals surface area contributed by atoms with E-state index in [1.54, 1.807) is 7.05 Å². The van der Waals surface area contributed by atoms with Gasteiger partial charge in [0.15, 0.2) is 6.61 Å². The molecular weight excluding hydrogens is 260 g/mol. The summed E-state index contributed by atoms with van der Waals surface area (Å²) in [5, 5.41) is 5.96. The van der Waals surface area contributed by atoms with E-state index in [0.717, 1.165) is 23.9 Å². The highest BCUT2D eigenvalue weighted by Gasteiger charge is 2.14. The lowest BCUT2D eigenvalue weighted by molar-refractivity contribution is -0.122. The van der Waals surface area contributed by atoms with E-state index in [9.17, 15) is 4.79 Å². The molecule has 2 rings (SSSR count). The Balaban J connectivity index is 1.82. The van der Waals surface area contributed by atoms with Crippen LogP contribution in [0, 0.1) is 5.92 Å². The quantitative estimate of drug-likeness (QED) is 0.836. The van der Waals surface area contributed by atoms with Gasteiger partial charge in [-0.3, -0.25) is 4.79 Å². The molecule has 1 heterocycles. The van der Waals surface area contributed by atoms with Crippen molar-refractivity contribution in [1.29, 1.82) is 0 Å². The molecule has 19 heavy (non-hydrogen) atoms. The smallest absolute Gasteiger partial charge is 0.257 e. The van der Waals surface area contributed by atoms with Gasteiger partial charge in [0.2, 0.25) is 0 Å². The van der Waals surface area contributed by atoms with Gasteiger partial charge in [0.1, 0.15) is 5.75 Å². The Bertz CT molecular complexity index is 420. The first-order valence-electron chi connectivity index (χ1n) is 6.53. The van der Waals surface area contributed by atoms with Gasteiger partial charge in [0.25, 0.3) is 5.91 Å². The van der Waals surface area contributed by atoms with Crippen LogP contribution >= 0.6 is 11.8 Å². The second-order valence-electron chi connectivity index (χ2n) is 4.60. The number of benzene rings is 1. The molecular formula is C14H20N2O2S. The number of amides is 1. The molecule has 2 N–H and O–H groups in total. The molecule has 1 amide bonds. The van der Waals surface area contributed by atoms with Crippen LogP contribution in [-0.4, -0.2) is 37.6 Å². The fourth-order valence-corrected chi connectivity index (χ4v) is 3.21. The molecule has 0 aliphatic carbocycles. The molecule has 0 aromatic heterocycles. The number of hydrogen-bond donors (Lipinski definition) is 2.